The Morgan fingerprint density at radius 3 is 2.40 bits per heavy atom. The number of halogens is 2. The third kappa shape index (κ3) is 4.95. The number of nitrogens with two attached hydrogens (primary N) is 1. The number of hydrogen-bond donors (Lipinski definition) is 2. The van der Waals surface area contributed by atoms with Gasteiger partial charge in [0.1, 0.15) is 17.7 Å². The first-order chi connectivity index (χ1) is 19.9. The summed E-state index contributed by atoms with van der Waals surface area (Å²) >= 11 is 0. The number of aliphatic hydroxyl groups is 1. The van der Waals surface area contributed by atoms with Crippen LogP contribution in [-0.4, -0.2) is 49.4 Å². The summed E-state index contributed by atoms with van der Waals surface area (Å²) in [5.74, 6) is -1.33. The summed E-state index contributed by atoms with van der Waals surface area (Å²) in [5.41, 5.74) is 8.39. The zero-order valence-electron chi connectivity index (χ0n) is 23.9. The van der Waals surface area contributed by atoms with Crippen LogP contribution in [0.15, 0.2) is 48.5 Å². The van der Waals surface area contributed by atoms with Gasteiger partial charge in [-0.15, -0.1) is 0 Å². The Balaban J connectivity index is 1.49. The van der Waals surface area contributed by atoms with Crippen molar-refractivity contribution in [2.24, 2.45) is 5.73 Å². The Labute approximate surface area is 243 Å². The first kappa shape index (κ1) is 28.0. The summed E-state index contributed by atoms with van der Waals surface area (Å²) in [6, 6.07) is 14.5. The van der Waals surface area contributed by atoms with E-state index in [-0.39, 0.29) is 41.7 Å². The lowest BCUT2D eigenvalue weighted by atomic mass is 9.90. The third-order valence-corrected chi connectivity index (χ3v) is 8.52. The predicted octanol–water partition coefficient (Wildman–Crippen LogP) is 5.69. The first-order valence-corrected chi connectivity index (χ1v) is 14.2. The lowest BCUT2D eigenvalue weighted by Crippen LogP contribution is -2.50. The highest BCUT2D eigenvalue weighted by atomic mass is 19.1. The average molecular weight is 570 g/mol. The van der Waals surface area contributed by atoms with Gasteiger partial charge in [0.15, 0.2) is 0 Å². The van der Waals surface area contributed by atoms with Crippen molar-refractivity contribution in [3.63, 3.8) is 0 Å². The number of nitrogens with zero attached hydrogens (tertiary/aromatic N) is 4. The Morgan fingerprint density at radius 1 is 1.05 bits per heavy atom. The van der Waals surface area contributed by atoms with E-state index in [1.807, 2.05) is 17.9 Å². The molecular formula is C33H33F2N5O2. The summed E-state index contributed by atoms with van der Waals surface area (Å²) in [7, 11) is 0. The molecule has 1 amide bonds. The van der Waals surface area contributed by atoms with Gasteiger partial charge in [-0.3, -0.25) is 9.48 Å². The van der Waals surface area contributed by atoms with Crippen LogP contribution in [0.3, 0.4) is 0 Å². The maximum absolute atomic E-state index is 15.9. The number of carbonyl (C=O) groups excluding carboxylic acids is 1. The van der Waals surface area contributed by atoms with Gasteiger partial charge in [0.2, 0.25) is 0 Å². The highest BCUT2D eigenvalue weighted by molar-refractivity contribution is 5.99. The SMILES string of the molecule is Cc1nn(CC(C)(C)O)c2cc(F)c(-c3ccc(C(=O)N4[C@@H]5CC[C@H]4C[C@@H](N)C5)cc3-c3ccc(C#N)c(F)c3)cc12. The van der Waals surface area contributed by atoms with E-state index >= 15 is 4.39 Å². The van der Waals surface area contributed by atoms with Gasteiger partial charge in [0, 0.05) is 40.7 Å². The van der Waals surface area contributed by atoms with E-state index in [1.54, 1.807) is 48.9 Å². The van der Waals surface area contributed by atoms with Crippen molar-refractivity contribution in [2.75, 3.05) is 0 Å². The second-order valence-electron chi connectivity index (χ2n) is 12.3. The summed E-state index contributed by atoms with van der Waals surface area (Å²) in [4.78, 5) is 15.8. The van der Waals surface area contributed by atoms with E-state index in [2.05, 4.69) is 5.10 Å². The molecule has 0 unspecified atom stereocenters. The normalized spacial score (nSPS) is 20.2. The van der Waals surface area contributed by atoms with Gasteiger partial charge >= 0.3 is 0 Å². The van der Waals surface area contributed by atoms with Gasteiger partial charge in [0.25, 0.3) is 5.91 Å². The smallest absolute Gasteiger partial charge is 0.254 e. The molecule has 216 valence electrons. The predicted molar refractivity (Wildman–Crippen MR) is 156 cm³/mol. The van der Waals surface area contributed by atoms with Crippen LogP contribution in [0.4, 0.5) is 8.78 Å². The lowest BCUT2D eigenvalue weighted by Gasteiger charge is -2.38. The number of piperidine rings is 1. The van der Waals surface area contributed by atoms with Crippen LogP contribution in [0.25, 0.3) is 33.2 Å². The molecule has 6 rings (SSSR count). The molecule has 3 aromatic carbocycles. The van der Waals surface area contributed by atoms with E-state index in [0.717, 1.165) is 25.7 Å². The van der Waals surface area contributed by atoms with Gasteiger partial charge in [-0.1, -0.05) is 12.1 Å². The molecule has 9 heteroatoms. The van der Waals surface area contributed by atoms with Crippen molar-refractivity contribution in [3.8, 4) is 28.3 Å². The molecule has 42 heavy (non-hydrogen) atoms. The second kappa shape index (κ2) is 10.3. The number of amides is 1. The van der Waals surface area contributed by atoms with Crippen LogP contribution in [0, 0.1) is 29.9 Å². The highest BCUT2D eigenvalue weighted by Crippen LogP contribution is 2.40. The van der Waals surface area contributed by atoms with Crippen molar-refractivity contribution in [3.05, 3.63) is 77.0 Å². The van der Waals surface area contributed by atoms with Crippen LogP contribution >= 0.6 is 0 Å². The number of aryl methyl sites for hydroxylation is 1. The molecule has 2 fully saturated rings. The number of carbonyl (C=O) groups is 1. The van der Waals surface area contributed by atoms with E-state index in [4.69, 9.17) is 5.73 Å². The molecule has 0 saturated carbocycles. The van der Waals surface area contributed by atoms with Gasteiger partial charge in [-0.05, 0) is 93.5 Å². The molecule has 2 aliphatic heterocycles. The molecule has 2 bridgehead atoms. The fourth-order valence-electron chi connectivity index (χ4n) is 6.67. The van der Waals surface area contributed by atoms with Crippen molar-refractivity contribution < 1.29 is 18.7 Å². The Morgan fingerprint density at radius 2 is 1.76 bits per heavy atom. The van der Waals surface area contributed by atoms with Crippen LogP contribution in [0.5, 0.6) is 0 Å². The molecule has 0 aliphatic carbocycles. The number of benzene rings is 3. The largest absolute Gasteiger partial charge is 0.389 e. The van der Waals surface area contributed by atoms with Gasteiger partial charge < -0.3 is 15.7 Å². The number of hydrogen-bond acceptors (Lipinski definition) is 5. The molecule has 7 nitrogen and oxygen atoms in total. The Hall–Kier alpha value is -4.13. The van der Waals surface area contributed by atoms with Crippen molar-refractivity contribution in [1.82, 2.24) is 14.7 Å². The minimum atomic E-state index is -1.05. The van der Waals surface area contributed by atoms with Crippen LogP contribution < -0.4 is 5.73 Å². The maximum Gasteiger partial charge on any atom is 0.254 e. The van der Waals surface area contributed by atoms with E-state index in [0.29, 0.717) is 38.9 Å². The summed E-state index contributed by atoms with van der Waals surface area (Å²) in [6.45, 7) is 5.33. The lowest BCUT2D eigenvalue weighted by molar-refractivity contribution is 0.0572. The molecular weight excluding hydrogens is 536 g/mol. The highest BCUT2D eigenvalue weighted by Gasteiger charge is 2.42. The van der Waals surface area contributed by atoms with Crippen molar-refractivity contribution in [2.45, 2.75) is 76.7 Å². The van der Waals surface area contributed by atoms with E-state index in [1.165, 1.54) is 18.2 Å². The van der Waals surface area contributed by atoms with Crippen LogP contribution in [0.2, 0.25) is 0 Å². The zero-order valence-corrected chi connectivity index (χ0v) is 23.9. The van der Waals surface area contributed by atoms with Gasteiger partial charge in [-0.2, -0.15) is 10.4 Å². The number of rotatable bonds is 5. The molecule has 0 radical (unpaired) electrons. The third-order valence-electron chi connectivity index (χ3n) is 8.52. The van der Waals surface area contributed by atoms with Crippen molar-refractivity contribution in [1.29, 1.82) is 5.26 Å². The standard InChI is InChI=1S/C33H33F2N5O2/c1-18-26-14-28(30(35)15-31(26)39(38-18)17-33(2,3)42)25-9-6-20(10-27(25)19-4-5-21(16-36)29(34)11-19)32(41)40-23-7-8-24(40)13-22(37)12-23/h4-6,9-11,14-15,22-24,42H,7-8,12-13,17,37H2,1-3H3/t22-,23+,24-. The molecule has 1 aromatic heterocycles. The molecule has 3 N–H and O–H groups in total. The quantitative estimate of drug-likeness (QED) is 0.321. The summed E-state index contributed by atoms with van der Waals surface area (Å²) in [6.07, 6.45) is 3.36. The molecule has 4 aromatic rings. The van der Waals surface area contributed by atoms with Gasteiger partial charge in [-0.25, -0.2) is 8.78 Å². The number of nitriles is 1. The molecule has 3 heterocycles. The first-order valence-electron chi connectivity index (χ1n) is 14.2. The summed E-state index contributed by atoms with van der Waals surface area (Å²) in [5, 5.41) is 24.8. The molecule has 0 spiro atoms. The zero-order chi connectivity index (χ0) is 29.9. The van der Waals surface area contributed by atoms with Gasteiger partial charge in [0.05, 0.1) is 28.9 Å². The average Bonchev–Trinajstić information content (AvgIpc) is 3.37. The van der Waals surface area contributed by atoms with Crippen molar-refractivity contribution >= 4 is 16.8 Å². The Kier molecular flexibility index (Phi) is 6.87. The Bertz CT molecular complexity index is 1750. The summed E-state index contributed by atoms with van der Waals surface area (Å²) < 4.78 is 32.3. The molecule has 2 saturated heterocycles. The van der Waals surface area contributed by atoms with Crippen LogP contribution in [-0.2, 0) is 6.54 Å². The number of aromatic nitrogens is 2. The topological polar surface area (TPSA) is 108 Å². The van der Waals surface area contributed by atoms with Crippen LogP contribution in [0.1, 0.15) is 61.1 Å². The number of fused-ring (bicyclic) bond motifs is 3. The molecule has 2 aliphatic rings. The second-order valence-corrected chi connectivity index (χ2v) is 12.3. The fraction of sp³-hybridized carbons (Fsp3) is 0.364. The van der Waals surface area contributed by atoms with E-state index in [9.17, 15) is 19.6 Å². The maximum atomic E-state index is 15.9. The van der Waals surface area contributed by atoms with E-state index < -0.39 is 17.2 Å². The fourth-order valence-corrected chi connectivity index (χ4v) is 6.67. The minimum absolute atomic E-state index is 0.0836. The minimum Gasteiger partial charge on any atom is -0.389 e. The monoisotopic (exact) mass is 569 g/mol. The molecule has 3 atom stereocenters.